The van der Waals surface area contributed by atoms with Crippen molar-refractivity contribution in [2.45, 2.75) is 322 Å². The molecule has 1 aliphatic rings. The van der Waals surface area contributed by atoms with Gasteiger partial charge >= 0.3 is 33.3 Å². The van der Waals surface area contributed by atoms with Gasteiger partial charge in [0, 0.05) is 19.0 Å². The molecule has 1 aliphatic heterocycles. The lowest BCUT2D eigenvalue weighted by molar-refractivity contribution is -0.161. The first kappa shape index (κ1) is 74.9. The van der Waals surface area contributed by atoms with Crippen LogP contribution in [0, 0.1) is 11.8 Å². The number of hydrogen-bond acceptors (Lipinski definition) is 15. The van der Waals surface area contributed by atoms with E-state index in [1.165, 1.54) is 205 Å². The third kappa shape index (κ3) is 39.9. The van der Waals surface area contributed by atoms with E-state index >= 15 is 0 Å². The van der Waals surface area contributed by atoms with Crippen molar-refractivity contribution in [3.8, 4) is 0 Å². The Morgan fingerprint density at radius 3 is 1.41 bits per heavy atom. The van der Waals surface area contributed by atoms with Crippen molar-refractivity contribution in [1.29, 1.82) is 0 Å². The summed E-state index contributed by atoms with van der Waals surface area (Å²) in [5, 5.41) is 21.0. The lowest BCUT2D eigenvalue weighted by Crippen LogP contribution is -2.36. The molecule has 4 unspecified atom stereocenters. The number of aliphatic hydroxyl groups is 2. The fourth-order valence-corrected chi connectivity index (χ4v) is 12.4. The van der Waals surface area contributed by atoms with Crippen LogP contribution in [0.1, 0.15) is 297 Å². The van der Waals surface area contributed by atoms with Crippen LogP contribution in [0.2, 0.25) is 0 Å². The first-order valence-corrected chi connectivity index (χ1v) is 35.3. The number of carbonyl (C=O) groups is 2. The minimum atomic E-state index is -5.43. The average molecular weight is 1190 g/mol. The summed E-state index contributed by atoms with van der Waals surface area (Å²) in [4.78, 5) is 62.3. The van der Waals surface area contributed by atoms with Crippen LogP contribution in [0.3, 0.4) is 0 Å². The molecular formula is C61H115N3O15P2. The van der Waals surface area contributed by atoms with E-state index < -0.39 is 83.7 Å². The smallest absolute Gasteiger partial charge is 0.462 e. The van der Waals surface area contributed by atoms with Gasteiger partial charge < -0.3 is 39.9 Å². The predicted molar refractivity (Wildman–Crippen MR) is 321 cm³/mol. The number of nitrogen functional groups attached to an aromatic ring is 1. The van der Waals surface area contributed by atoms with Gasteiger partial charge in [0.2, 0.25) is 0 Å². The molecule has 0 saturated carbocycles. The van der Waals surface area contributed by atoms with Gasteiger partial charge in [0.05, 0.1) is 13.2 Å². The Morgan fingerprint density at radius 2 is 0.988 bits per heavy atom. The van der Waals surface area contributed by atoms with Crippen LogP contribution < -0.4 is 11.4 Å². The number of hydrogen-bond donors (Lipinski definition) is 5. The summed E-state index contributed by atoms with van der Waals surface area (Å²) in [7, 11) is -10.8. The van der Waals surface area contributed by atoms with Crippen molar-refractivity contribution in [1.82, 2.24) is 9.55 Å². The Labute approximate surface area is 489 Å². The summed E-state index contributed by atoms with van der Waals surface area (Å²) < 4.78 is 57.2. The van der Waals surface area contributed by atoms with E-state index in [1.54, 1.807) is 0 Å². The maximum Gasteiger partial charge on any atom is 0.481 e. The lowest BCUT2D eigenvalue weighted by Gasteiger charge is -2.21. The van der Waals surface area contributed by atoms with Gasteiger partial charge in [0.25, 0.3) is 0 Å². The molecule has 20 heteroatoms. The van der Waals surface area contributed by atoms with Crippen LogP contribution in [-0.4, -0.2) is 85.7 Å². The third-order valence-electron chi connectivity index (χ3n) is 15.7. The number of aromatic nitrogens is 2. The Morgan fingerprint density at radius 1 is 0.593 bits per heavy atom. The number of phosphoric acid groups is 2. The van der Waals surface area contributed by atoms with Gasteiger partial charge in [-0.05, 0) is 30.7 Å². The molecule has 474 valence electrons. The fraction of sp³-hybridized carbons (Fsp3) is 0.902. The van der Waals surface area contributed by atoms with E-state index in [0.29, 0.717) is 12.8 Å². The topological polar surface area (TPSA) is 265 Å². The Bertz CT molecular complexity index is 1890. The standard InChI is InChI=1S/C61H115N3O15P2/c1-5-52(4)43-39-35-31-27-23-19-15-11-7-9-12-16-20-24-28-32-36-40-44-56(65)74-48-53(77-57(66)45-41-37-33-29-25-21-17-13-8-6-10-14-18-22-26-30-34-38-42-51(2)3)49-75-80(70,71)79-81(72,73)76-50-54-58(67)59(68)60(78-54)64-47-46-55(62)63-61(64)69/h46-47,51-54,58-60,67-68H,5-45,48-50H2,1-4H3,(H,70,71)(H,72,73)(H2,62,63,69)/t52?,53-,54-,58+,59?,60-/m1/s1. The summed E-state index contributed by atoms with van der Waals surface area (Å²) in [6, 6.07) is 1.26. The molecule has 6 N–H and O–H groups in total. The minimum Gasteiger partial charge on any atom is -0.462 e. The molecule has 0 amide bonds. The van der Waals surface area contributed by atoms with Gasteiger partial charge in [-0.25, -0.2) is 13.9 Å². The maximum absolute atomic E-state index is 13.0. The second-order valence-corrected chi connectivity index (χ2v) is 26.8. The average Bonchev–Trinajstić information content (AvgIpc) is 3.77. The number of nitrogens with zero attached hydrogens (tertiary/aromatic N) is 2. The molecule has 0 radical (unpaired) electrons. The second kappa shape index (κ2) is 47.0. The number of phosphoric ester groups is 2. The molecule has 1 fully saturated rings. The highest BCUT2D eigenvalue weighted by Gasteiger charge is 2.46. The largest absolute Gasteiger partial charge is 0.481 e. The zero-order valence-corrected chi connectivity index (χ0v) is 52.7. The number of unbranched alkanes of at least 4 members (excludes halogenated alkanes) is 34. The Hall–Kier alpha value is -2.24. The molecule has 8 atom stereocenters. The maximum atomic E-state index is 13.0. The van der Waals surface area contributed by atoms with Crippen molar-refractivity contribution < 1.29 is 66.3 Å². The van der Waals surface area contributed by atoms with Gasteiger partial charge in [0.1, 0.15) is 30.7 Å². The molecule has 0 aliphatic carbocycles. The van der Waals surface area contributed by atoms with Crippen molar-refractivity contribution in [3.05, 3.63) is 22.7 Å². The number of rotatable bonds is 55. The van der Waals surface area contributed by atoms with E-state index in [4.69, 9.17) is 29.0 Å². The molecule has 0 bridgehead atoms. The molecule has 1 aromatic rings. The van der Waals surface area contributed by atoms with Crippen LogP contribution in [0.5, 0.6) is 0 Å². The van der Waals surface area contributed by atoms with E-state index in [0.717, 1.165) is 61.3 Å². The molecular weight excluding hydrogens is 1080 g/mol. The van der Waals surface area contributed by atoms with E-state index in [9.17, 15) is 43.5 Å². The molecule has 2 rings (SSSR count). The first-order valence-electron chi connectivity index (χ1n) is 32.3. The molecule has 0 aromatic carbocycles. The summed E-state index contributed by atoms with van der Waals surface area (Å²) in [5.74, 6) is 0.429. The minimum absolute atomic E-state index is 0.0584. The highest BCUT2D eigenvalue weighted by atomic mass is 31.3. The SMILES string of the molecule is CCC(C)CCCCCCCCCCCCCCCCCCCCC(=O)OC[C@H](COP(=O)(O)OP(=O)(O)OC[C@H]1O[C@@H](n2ccc(N)nc2=O)C(O)[C@H]1O)OC(=O)CCCCCCCCCCCCCCCCCCCCC(C)C. The predicted octanol–water partition coefficient (Wildman–Crippen LogP) is 15.5. The zero-order valence-electron chi connectivity index (χ0n) is 51.0. The van der Waals surface area contributed by atoms with Crippen LogP contribution in [0.25, 0.3) is 0 Å². The lowest BCUT2D eigenvalue weighted by atomic mass is 9.99. The van der Waals surface area contributed by atoms with E-state index in [-0.39, 0.29) is 18.7 Å². The number of anilines is 1. The summed E-state index contributed by atoms with van der Waals surface area (Å²) in [6.07, 6.45) is 41.6. The van der Waals surface area contributed by atoms with E-state index in [2.05, 4.69) is 37.0 Å². The fourth-order valence-electron chi connectivity index (χ4n) is 10.3. The van der Waals surface area contributed by atoms with Crippen molar-refractivity contribution >= 4 is 33.4 Å². The van der Waals surface area contributed by atoms with E-state index in [1.807, 2.05) is 0 Å². The third-order valence-corrected chi connectivity index (χ3v) is 18.3. The summed E-state index contributed by atoms with van der Waals surface area (Å²) in [6.45, 7) is 6.97. The van der Waals surface area contributed by atoms with Crippen molar-refractivity contribution in [2.24, 2.45) is 11.8 Å². The molecule has 1 aromatic heterocycles. The molecule has 2 heterocycles. The van der Waals surface area contributed by atoms with Crippen LogP contribution in [-0.2, 0) is 46.3 Å². The molecule has 0 spiro atoms. The number of nitrogens with two attached hydrogens (primary N) is 1. The van der Waals surface area contributed by atoms with Crippen LogP contribution in [0.4, 0.5) is 5.82 Å². The second-order valence-electron chi connectivity index (χ2n) is 23.7. The van der Waals surface area contributed by atoms with Gasteiger partial charge in [-0.2, -0.15) is 9.29 Å². The Kier molecular flexibility index (Phi) is 43.4. The van der Waals surface area contributed by atoms with Crippen LogP contribution in [0.15, 0.2) is 17.1 Å². The van der Waals surface area contributed by atoms with Gasteiger partial charge in [-0.3, -0.25) is 23.2 Å². The number of esters is 2. The Balaban J connectivity index is 1.69. The number of aliphatic hydroxyl groups excluding tert-OH is 2. The van der Waals surface area contributed by atoms with Crippen LogP contribution >= 0.6 is 15.6 Å². The monoisotopic (exact) mass is 1190 g/mol. The highest BCUT2D eigenvalue weighted by Crippen LogP contribution is 2.60. The quantitative estimate of drug-likeness (QED) is 0.0230. The highest BCUT2D eigenvalue weighted by molar-refractivity contribution is 7.61. The number of ether oxygens (including phenoxy) is 3. The van der Waals surface area contributed by atoms with Crippen molar-refractivity contribution in [3.63, 3.8) is 0 Å². The molecule has 18 nitrogen and oxygen atoms in total. The summed E-state index contributed by atoms with van der Waals surface area (Å²) in [5.41, 5.74) is 4.62. The summed E-state index contributed by atoms with van der Waals surface area (Å²) >= 11 is 0. The molecule has 1 saturated heterocycles. The van der Waals surface area contributed by atoms with Gasteiger partial charge in [-0.1, -0.05) is 265 Å². The zero-order chi connectivity index (χ0) is 59.4. The normalized spacial score (nSPS) is 18.7. The van der Waals surface area contributed by atoms with Gasteiger partial charge in [0.15, 0.2) is 12.3 Å². The molecule has 81 heavy (non-hydrogen) atoms. The number of carbonyl (C=O) groups excluding carboxylic acids is 2. The van der Waals surface area contributed by atoms with Gasteiger partial charge in [-0.15, -0.1) is 0 Å². The van der Waals surface area contributed by atoms with Crippen molar-refractivity contribution in [2.75, 3.05) is 25.6 Å². The first-order chi connectivity index (χ1) is 38.9.